The van der Waals surface area contributed by atoms with Crippen molar-refractivity contribution in [3.05, 3.63) is 34.5 Å². The highest BCUT2D eigenvalue weighted by atomic mass is 32.1. The van der Waals surface area contributed by atoms with Crippen molar-refractivity contribution in [2.75, 3.05) is 19.6 Å². The Hall–Kier alpha value is -1.62. The summed E-state index contributed by atoms with van der Waals surface area (Å²) in [6.07, 6.45) is 6.27. The van der Waals surface area contributed by atoms with Crippen molar-refractivity contribution in [3.63, 3.8) is 0 Å². The minimum atomic E-state index is -0.192. The van der Waals surface area contributed by atoms with Gasteiger partial charge in [0.1, 0.15) is 0 Å². The van der Waals surface area contributed by atoms with Gasteiger partial charge in [-0.2, -0.15) is 0 Å². The number of hydrogen-bond donors (Lipinski definition) is 0. The Bertz CT molecular complexity index is 620. The zero-order valence-corrected chi connectivity index (χ0v) is 14.5. The van der Waals surface area contributed by atoms with Crippen molar-refractivity contribution in [2.45, 2.75) is 44.6 Å². The van der Waals surface area contributed by atoms with Gasteiger partial charge in [0.05, 0.1) is 10.4 Å². The maximum Gasteiger partial charge on any atom is 0.264 e. The number of likely N-dealkylation sites (tertiary alicyclic amines) is 2. The lowest BCUT2D eigenvalue weighted by atomic mass is 9.79. The lowest BCUT2D eigenvalue weighted by molar-refractivity contribution is -0.143. The first-order chi connectivity index (χ1) is 11.1. The normalized spacial score (nSPS) is 25.0. The topological polar surface area (TPSA) is 40.6 Å². The average molecular weight is 332 g/mol. The fraction of sp³-hybridized carbons (Fsp3) is 0.556. The highest BCUT2D eigenvalue weighted by molar-refractivity contribution is 7.12. The van der Waals surface area contributed by atoms with Crippen molar-refractivity contribution in [2.24, 2.45) is 0 Å². The van der Waals surface area contributed by atoms with Crippen LogP contribution in [0.15, 0.2) is 24.1 Å². The molecule has 5 heteroatoms. The van der Waals surface area contributed by atoms with E-state index >= 15 is 0 Å². The first-order valence-electron chi connectivity index (χ1n) is 8.32. The summed E-state index contributed by atoms with van der Waals surface area (Å²) in [7, 11) is 0. The maximum absolute atomic E-state index is 12.9. The summed E-state index contributed by atoms with van der Waals surface area (Å²) in [4.78, 5) is 30.0. The molecule has 1 spiro atoms. The van der Waals surface area contributed by atoms with Crippen LogP contribution in [0.3, 0.4) is 0 Å². The van der Waals surface area contributed by atoms with E-state index < -0.39 is 0 Å². The van der Waals surface area contributed by atoms with E-state index in [1.54, 1.807) is 6.08 Å². The van der Waals surface area contributed by atoms with Crippen LogP contribution < -0.4 is 0 Å². The SMILES string of the molecule is C=CCN1C(=O)CCCC12CCCN(C(=O)c1sccc1C)C2. The number of nitrogens with zero attached hydrogens (tertiary/aromatic N) is 2. The molecule has 124 valence electrons. The number of amides is 2. The third-order valence-corrected chi connectivity index (χ3v) is 6.12. The molecule has 2 fully saturated rings. The molecule has 3 heterocycles. The van der Waals surface area contributed by atoms with Crippen LogP contribution in [0.1, 0.15) is 47.3 Å². The summed E-state index contributed by atoms with van der Waals surface area (Å²) in [5.41, 5.74) is 0.852. The summed E-state index contributed by atoms with van der Waals surface area (Å²) in [6, 6.07) is 1.99. The lowest BCUT2D eigenvalue weighted by Crippen LogP contribution is -2.63. The molecule has 0 N–H and O–H groups in total. The van der Waals surface area contributed by atoms with Crippen molar-refractivity contribution in [1.29, 1.82) is 0 Å². The molecule has 0 bridgehead atoms. The zero-order chi connectivity index (χ0) is 16.4. The third kappa shape index (κ3) is 2.94. The molecular weight excluding hydrogens is 308 g/mol. The second-order valence-electron chi connectivity index (χ2n) is 6.63. The molecule has 2 amide bonds. The Morgan fingerprint density at radius 2 is 2.22 bits per heavy atom. The third-order valence-electron chi connectivity index (χ3n) is 5.12. The molecule has 1 aromatic rings. The molecule has 1 aromatic heterocycles. The van der Waals surface area contributed by atoms with E-state index in [1.807, 2.05) is 28.2 Å². The molecule has 2 saturated heterocycles. The van der Waals surface area contributed by atoms with Crippen LogP contribution in [0.5, 0.6) is 0 Å². The largest absolute Gasteiger partial charge is 0.336 e. The van der Waals surface area contributed by atoms with E-state index in [0.717, 1.165) is 42.7 Å². The van der Waals surface area contributed by atoms with E-state index in [2.05, 4.69) is 6.58 Å². The van der Waals surface area contributed by atoms with Crippen LogP contribution >= 0.6 is 11.3 Å². The molecule has 3 rings (SSSR count). The molecule has 1 atom stereocenters. The monoisotopic (exact) mass is 332 g/mol. The van der Waals surface area contributed by atoms with Crippen molar-refractivity contribution in [3.8, 4) is 0 Å². The average Bonchev–Trinajstić information content (AvgIpc) is 2.97. The Balaban J connectivity index is 1.84. The molecule has 4 nitrogen and oxygen atoms in total. The van der Waals surface area contributed by atoms with Crippen LogP contribution in [0.4, 0.5) is 0 Å². The van der Waals surface area contributed by atoms with Gasteiger partial charge in [-0.3, -0.25) is 9.59 Å². The molecule has 23 heavy (non-hydrogen) atoms. The van der Waals surface area contributed by atoms with Gasteiger partial charge in [0.25, 0.3) is 5.91 Å². The second kappa shape index (κ2) is 6.48. The predicted molar refractivity (Wildman–Crippen MR) is 92.7 cm³/mol. The molecule has 0 saturated carbocycles. The Kier molecular flexibility index (Phi) is 4.57. The van der Waals surface area contributed by atoms with Gasteiger partial charge in [0, 0.05) is 26.1 Å². The van der Waals surface area contributed by atoms with Gasteiger partial charge in [-0.05, 0) is 49.6 Å². The molecule has 0 radical (unpaired) electrons. The highest BCUT2D eigenvalue weighted by Crippen LogP contribution is 2.37. The number of rotatable bonds is 3. The fourth-order valence-corrected chi connectivity index (χ4v) is 4.87. The number of aryl methyl sites for hydroxylation is 1. The van der Waals surface area contributed by atoms with Gasteiger partial charge < -0.3 is 9.80 Å². The van der Waals surface area contributed by atoms with Crippen molar-refractivity contribution in [1.82, 2.24) is 9.80 Å². The first-order valence-corrected chi connectivity index (χ1v) is 9.20. The fourth-order valence-electron chi connectivity index (χ4n) is 3.97. The maximum atomic E-state index is 12.9. The number of piperidine rings is 2. The minimum Gasteiger partial charge on any atom is -0.336 e. The predicted octanol–water partition coefficient (Wildman–Crippen LogP) is 3.23. The van der Waals surface area contributed by atoms with Crippen LogP contribution in [0.2, 0.25) is 0 Å². The second-order valence-corrected chi connectivity index (χ2v) is 7.55. The molecule has 2 aliphatic rings. The summed E-state index contributed by atoms with van der Waals surface area (Å²) < 4.78 is 0. The van der Waals surface area contributed by atoms with Crippen LogP contribution in [-0.2, 0) is 4.79 Å². The standard InChI is InChI=1S/C18H24N2O2S/c1-3-10-20-15(21)6-4-8-18(20)9-5-11-19(13-18)17(22)16-14(2)7-12-23-16/h3,7,12H,1,4-6,8-11,13H2,2H3. The van der Waals surface area contributed by atoms with E-state index in [4.69, 9.17) is 0 Å². The van der Waals surface area contributed by atoms with Crippen molar-refractivity contribution < 1.29 is 9.59 Å². The Morgan fingerprint density at radius 1 is 1.43 bits per heavy atom. The quantitative estimate of drug-likeness (QED) is 0.797. The van der Waals surface area contributed by atoms with Gasteiger partial charge >= 0.3 is 0 Å². The molecule has 2 aliphatic heterocycles. The number of carbonyl (C=O) groups excluding carboxylic acids is 2. The number of hydrogen-bond acceptors (Lipinski definition) is 3. The number of thiophene rings is 1. The molecule has 1 unspecified atom stereocenters. The van der Waals surface area contributed by atoms with Crippen LogP contribution in [0, 0.1) is 6.92 Å². The van der Waals surface area contributed by atoms with Gasteiger partial charge in [0.15, 0.2) is 0 Å². The van der Waals surface area contributed by atoms with E-state index in [-0.39, 0.29) is 17.4 Å². The minimum absolute atomic E-state index is 0.119. The highest BCUT2D eigenvalue weighted by Gasteiger charge is 2.45. The zero-order valence-electron chi connectivity index (χ0n) is 13.7. The van der Waals surface area contributed by atoms with Gasteiger partial charge in [0.2, 0.25) is 5.91 Å². The molecular formula is C18H24N2O2S. The smallest absolute Gasteiger partial charge is 0.264 e. The van der Waals surface area contributed by atoms with Gasteiger partial charge in [-0.1, -0.05) is 6.08 Å². The molecule has 0 aliphatic carbocycles. The van der Waals surface area contributed by atoms with Gasteiger partial charge in [-0.25, -0.2) is 0 Å². The Morgan fingerprint density at radius 3 is 2.91 bits per heavy atom. The summed E-state index contributed by atoms with van der Waals surface area (Å²) in [5.74, 6) is 0.325. The molecule has 0 aromatic carbocycles. The van der Waals surface area contributed by atoms with E-state index in [9.17, 15) is 9.59 Å². The first kappa shape index (κ1) is 16.2. The lowest BCUT2D eigenvalue weighted by Gasteiger charge is -2.51. The van der Waals surface area contributed by atoms with E-state index in [0.29, 0.717) is 19.5 Å². The summed E-state index contributed by atoms with van der Waals surface area (Å²) in [6.45, 7) is 7.81. The van der Waals surface area contributed by atoms with E-state index in [1.165, 1.54) is 11.3 Å². The summed E-state index contributed by atoms with van der Waals surface area (Å²) >= 11 is 1.51. The van der Waals surface area contributed by atoms with Crippen molar-refractivity contribution >= 4 is 23.2 Å². The van der Waals surface area contributed by atoms with Crippen LogP contribution in [-0.4, -0.2) is 46.8 Å². The summed E-state index contributed by atoms with van der Waals surface area (Å²) in [5, 5.41) is 1.97. The number of carbonyl (C=O) groups is 2. The van der Waals surface area contributed by atoms with Gasteiger partial charge in [-0.15, -0.1) is 17.9 Å². The van der Waals surface area contributed by atoms with Crippen LogP contribution in [0.25, 0.3) is 0 Å². The Labute approximate surface area is 141 Å².